The Hall–Kier alpha value is -1.39. The molecule has 0 saturated heterocycles. The van der Waals surface area contributed by atoms with Gasteiger partial charge in [0, 0.05) is 6.42 Å². The lowest BCUT2D eigenvalue weighted by Gasteiger charge is -1.95. The maximum Gasteiger partial charge on any atom is 0.310 e. The number of ketones is 1. The maximum atomic E-state index is 10.6. The van der Waals surface area contributed by atoms with E-state index < -0.39 is 18.2 Å². The minimum atomic E-state index is -1.17. The van der Waals surface area contributed by atoms with Crippen molar-refractivity contribution >= 4 is 18.2 Å². The molecule has 0 unspecified atom stereocenters. The molecule has 0 aliphatic carbocycles. The Kier molecular flexibility index (Phi) is 4.72. The Morgan fingerprint density at radius 3 is 2.55 bits per heavy atom. The van der Waals surface area contributed by atoms with Crippen LogP contribution >= 0.6 is 0 Å². The molecule has 62 valence electrons. The third kappa shape index (κ3) is 6.50. The van der Waals surface area contributed by atoms with Crippen LogP contribution in [-0.4, -0.2) is 29.9 Å². The molecule has 0 spiro atoms. The van der Waals surface area contributed by atoms with E-state index in [2.05, 4.69) is 4.74 Å². The van der Waals surface area contributed by atoms with E-state index in [1.165, 1.54) is 0 Å². The van der Waals surface area contributed by atoms with E-state index in [1.807, 2.05) is 0 Å². The fraction of sp³-hybridized carbons (Fsp3) is 0.500. The van der Waals surface area contributed by atoms with Crippen LogP contribution in [0.2, 0.25) is 0 Å². The van der Waals surface area contributed by atoms with Crippen LogP contribution in [0.4, 0.5) is 0 Å². The van der Waals surface area contributed by atoms with Crippen molar-refractivity contribution in [1.29, 1.82) is 0 Å². The van der Waals surface area contributed by atoms with Gasteiger partial charge in [-0.15, -0.1) is 0 Å². The van der Waals surface area contributed by atoms with Gasteiger partial charge in [-0.25, -0.2) is 0 Å². The summed E-state index contributed by atoms with van der Waals surface area (Å²) in [7, 11) is 0. The van der Waals surface area contributed by atoms with E-state index >= 15 is 0 Å². The molecule has 0 amide bonds. The van der Waals surface area contributed by atoms with Gasteiger partial charge >= 0.3 is 5.97 Å². The minimum Gasteiger partial charge on any atom is -0.481 e. The fourth-order valence-corrected chi connectivity index (χ4v) is 0.478. The average Bonchev–Trinajstić information content (AvgIpc) is 1.86. The van der Waals surface area contributed by atoms with E-state index in [4.69, 9.17) is 5.11 Å². The zero-order chi connectivity index (χ0) is 8.69. The molecule has 0 bridgehead atoms. The highest BCUT2D eigenvalue weighted by molar-refractivity contribution is 5.94. The normalized spacial score (nSPS) is 8.73. The number of Topliss-reactive ketones (excluding diaryl/α,β-unsaturated/α-hetero) is 1. The van der Waals surface area contributed by atoms with Crippen LogP contribution in [0.1, 0.15) is 12.8 Å². The van der Waals surface area contributed by atoms with Gasteiger partial charge in [-0.05, 0) is 0 Å². The lowest BCUT2D eigenvalue weighted by atomic mass is 10.2. The topological polar surface area (TPSA) is 80.7 Å². The highest BCUT2D eigenvalue weighted by atomic mass is 16.5. The summed E-state index contributed by atoms with van der Waals surface area (Å²) in [5.41, 5.74) is 0. The molecule has 0 aromatic heterocycles. The second-order valence-corrected chi connectivity index (χ2v) is 1.83. The maximum absolute atomic E-state index is 10.6. The number of carbonyl (C=O) groups excluding carboxylic acids is 2. The molecule has 0 aliphatic heterocycles. The molecule has 1 N–H and O–H groups in total. The van der Waals surface area contributed by atoms with Crippen LogP contribution in [0, 0.1) is 0 Å². The van der Waals surface area contributed by atoms with E-state index in [1.54, 1.807) is 0 Å². The van der Waals surface area contributed by atoms with Gasteiger partial charge in [0.25, 0.3) is 6.47 Å². The summed E-state index contributed by atoms with van der Waals surface area (Å²) < 4.78 is 4.19. The predicted molar refractivity (Wildman–Crippen MR) is 33.9 cm³/mol. The Morgan fingerprint density at radius 1 is 1.45 bits per heavy atom. The number of ether oxygens (including phenoxy) is 1. The molecular formula is C6H8O5. The Bertz CT molecular complexity index is 162. The summed E-state index contributed by atoms with van der Waals surface area (Å²) in [4.78, 5) is 30.0. The first kappa shape index (κ1) is 9.61. The predicted octanol–water partition coefficient (Wildman–Crippen LogP) is -0.407. The molecule has 0 saturated carbocycles. The van der Waals surface area contributed by atoms with Gasteiger partial charge in [0.15, 0.2) is 0 Å². The molecule has 0 atom stereocenters. The van der Waals surface area contributed by atoms with E-state index in [-0.39, 0.29) is 19.5 Å². The van der Waals surface area contributed by atoms with Crippen LogP contribution in [0.5, 0.6) is 0 Å². The van der Waals surface area contributed by atoms with Gasteiger partial charge in [-0.3, -0.25) is 14.4 Å². The molecule has 0 fully saturated rings. The molecule has 11 heavy (non-hydrogen) atoms. The second-order valence-electron chi connectivity index (χ2n) is 1.83. The summed E-state index contributed by atoms with van der Waals surface area (Å²) in [5.74, 6) is -1.61. The van der Waals surface area contributed by atoms with Gasteiger partial charge in [0.2, 0.25) is 0 Å². The highest BCUT2D eigenvalue weighted by Gasteiger charge is 2.06. The van der Waals surface area contributed by atoms with Crippen molar-refractivity contribution in [2.45, 2.75) is 12.8 Å². The van der Waals surface area contributed by atoms with Crippen LogP contribution in [0.3, 0.4) is 0 Å². The van der Waals surface area contributed by atoms with Gasteiger partial charge in [-0.1, -0.05) is 0 Å². The van der Waals surface area contributed by atoms with Gasteiger partial charge in [0.1, 0.15) is 12.2 Å². The van der Waals surface area contributed by atoms with Crippen molar-refractivity contribution in [3.05, 3.63) is 0 Å². The Labute approximate surface area is 63.0 Å². The third-order valence-electron chi connectivity index (χ3n) is 0.915. The molecule has 0 aromatic carbocycles. The van der Waals surface area contributed by atoms with Crippen molar-refractivity contribution in [1.82, 2.24) is 0 Å². The number of hydrogen-bond donors (Lipinski definition) is 1. The van der Waals surface area contributed by atoms with Crippen LogP contribution in [-0.2, 0) is 19.1 Å². The quantitative estimate of drug-likeness (QED) is 0.324. The molecule has 5 nitrogen and oxygen atoms in total. The van der Waals surface area contributed by atoms with E-state index in [0.717, 1.165) is 0 Å². The first-order chi connectivity index (χ1) is 5.16. The van der Waals surface area contributed by atoms with Crippen molar-refractivity contribution < 1.29 is 24.2 Å². The number of rotatable bonds is 6. The number of carboxylic acids is 1. The third-order valence-corrected chi connectivity index (χ3v) is 0.915. The number of hydrogen-bond acceptors (Lipinski definition) is 4. The summed E-state index contributed by atoms with van der Waals surface area (Å²) in [5, 5.41) is 8.11. The van der Waals surface area contributed by atoms with E-state index in [0.29, 0.717) is 0 Å². The van der Waals surface area contributed by atoms with E-state index in [9.17, 15) is 14.4 Å². The molecule has 0 radical (unpaired) electrons. The first-order valence-corrected chi connectivity index (χ1v) is 2.95. The van der Waals surface area contributed by atoms with Crippen molar-refractivity contribution in [2.75, 3.05) is 6.61 Å². The summed E-state index contributed by atoms with van der Waals surface area (Å²) >= 11 is 0. The molecule has 0 aliphatic rings. The van der Waals surface area contributed by atoms with Crippen molar-refractivity contribution in [2.24, 2.45) is 0 Å². The first-order valence-electron chi connectivity index (χ1n) is 2.95. The smallest absolute Gasteiger partial charge is 0.310 e. The number of aliphatic carboxylic acids is 1. The molecule has 0 heterocycles. The average molecular weight is 160 g/mol. The minimum absolute atomic E-state index is 0.0367. The van der Waals surface area contributed by atoms with Gasteiger partial charge < -0.3 is 9.84 Å². The summed E-state index contributed by atoms with van der Waals surface area (Å²) in [6, 6.07) is 0. The van der Waals surface area contributed by atoms with Crippen LogP contribution in [0.25, 0.3) is 0 Å². The monoisotopic (exact) mass is 160 g/mol. The fourth-order valence-electron chi connectivity index (χ4n) is 0.478. The molecular weight excluding hydrogens is 152 g/mol. The van der Waals surface area contributed by atoms with Gasteiger partial charge in [0.05, 0.1) is 6.61 Å². The lowest BCUT2D eigenvalue weighted by Crippen LogP contribution is -2.09. The molecule has 0 aromatic rings. The highest BCUT2D eigenvalue weighted by Crippen LogP contribution is 1.89. The van der Waals surface area contributed by atoms with Crippen LogP contribution in [0.15, 0.2) is 0 Å². The molecule has 5 heteroatoms. The Balaban J connectivity index is 3.37. The molecule has 0 rings (SSSR count). The lowest BCUT2D eigenvalue weighted by molar-refractivity contribution is -0.140. The summed E-state index contributed by atoms with van der Waals surface area (Å²) in [6.45, 7) is 0.170. The van der Waals surface area contributed by atoms with Crippen LogP contribution < -0.4 is 0 Å². The van der Waals surface area contributed by atoms with Crippen molar-refractivity contribution in [3.8, 4) is 0 Å². The largest absolute Gasteiger partial charge is 0.481 e. The number of carboxylic acid groups (broad SMARTS) is 1. The summed E-state index contributed by atoms with van der Waals surface area (Å²) in [6.07, 6.45) is -0.548. The van der Waals surface area contributed by atoms with Gasteiger partial charge in [-0.2, -0.15) is 0 Å². The SMILES string of the molecule is O=COCCC(=O)CC(=O)O. The zero-order valence-electron chi connectivity index (χ0n) is 5.78. The standard InChI is InChI=1S/C6H8O5/c7-4-11-2-1-5(8)3-6(9)10/h4H,1-3H2,(H,9,10). The number of carbonyl (C=O) groups is 3. The van der Waals surface area contributed by atoms with Crippen molar-refractivity contribution in [3.63, 3.8) is 0 Å². The second kappa shape index (κ2) is 5.40. The zero-order valence-corrected chi connectivity index (χ0v) is 5.78. The Morgan fingerprint density at radius 2 is 2.09 bits per heavy atom.